The molecule has 1 aliphatic carbocycles. The van der Waals surface area contributed by atoms with Crippen molar-refractivity contribution in [2.75, 3.05) is 26.2 Å². The minimum Gasteiger partial charge on any atom is -0.329 e. The standard InChI is InChI=1S/C11H21N3O/c12-6-9-14(10-4-5-10)11(15)13-7-2-1-3-8-13/h10H,1-9,12H2. The van der Waals surface area contributed by atoms with Crippen LogP contribution in [0.3, 0.4) is 0 Å². The van der Waals surface area contributed by atoms with Crippen molar-refractivity contribution in [1.29, 1.82) is 0 Å². The molecule has 1 heterocycles. The highest BCUT2D eigenvalue weighted by Gasteiger charge is 2.34. The van der Waals surface area contributed by atoms with Gasteiger partial charge in [-0.2, -0.15) is 0 Å². The highest BCUT2D eigenvalue weighted by atomic mass is 16.2. The van der Waals surface area contributed by atoms with Crippen molar-refractivity contribution in [3.8, 4) is 0 Å². The molecule has 0 aromatic heterocycles. The highest BCUT2D eigenvalue weighted by Crippen LogP contribution is 2.28. The first kappa shape index (κ1) is 10.7. The van der Waals surface area contributed by atoms with Crippen LogP contribution in [0.15, 0.2) is 0 Å². The molecule has 4 nitrogen and oxygen atoms in total. The molecule has 2 rings (SSSR count). The van der Waals surface area contributed by atoms with E-state index < -0.39 is 0 Å². The van der Waals surface area contributed by atoms with Crippen molar-refractivity contribution in [2.24, 2.45) is 5.73 Å². The third-order valence-electron chi connectivity index (χ3n) is 3.23. The molecule has 0 aromatic carbocycles. The molecule has 0 radical (unpaired) electrons. The van der Waals surface area contributed by atoms with E-state index in [0.29, 0.717) is 12.6 Å². The van der Waals surface area contributed by atoms with E-state index in [4.69, 9.17) is 5.73 Å². The largest absolute Gasteiger partial charge is 0.329 e. The Morgan fingerprint density at radius 1 is 1.27 bits per heavy atom. The smallest absolute Gasteiger partial charge is 0.320 e. The zero-order valence-corrected chi connectivity index (χ0v) is 9.32. The van der Waals surface area contributed by atoms with Gasteiger partial charge in [0.1, 0.15) is 0 Å². The maximum absolute atomic E-state index is 12.2. The Kier molecular flexibility index (Phi) is 3.46. The van der Waals surface area contributed by atoms with Crippen molar-refractivity contribution in [3.63, 3.8) is 0 Å². The molecule has 2 aliphatic rings. The van der Waals surface area contributed by atoms with Gasteiger partial charge in [-0.3, -0.25) is 0 Å². The van der Waals surface area contributed by atoms with Crippen molar-refractivity contribution in [1.82, 2.24) is 9.80 Å². The van der Waals surface area contributed by atoms with Gasteiger partial charge >= 0.3 is 6.03 Å². The number of piperidine rings is 1. The number of likely N-dealkylation sites (tertiary alicyclic amines) is 1. The topological polar surface area (TPSA) is 49.6 Å². The molecular formula is C11H21N3O. The fourth-order valence-electron chi connectivity index (χ4n) is 2.23. The number of amides is 2. The zero-order valence-electron chi connectivity index (χ0n) is 9.32. The Bertz CT molecular complexity index is 222. The monoisotopic (exact) mass is 211 g/mol. The number of urea groups is 1. The Morgan fingerprint density at radius 2 is 1.93 bits per heavy atom. The molecule has 0 unspecified atom stereocenters. The van der Waals surface area contributed by atoms with E-state index in [1.165, 1.54) is 19.3 Å². The lowest BCUT2D eigenvalue weighted by Gasteiger charge is -2.33. The predicted octanol–water partition coefficient (Wildman–Crippen LogP) is 1.02. The summed E-state index contributed by atoms with van der Waals surface area (Å²) in [4.78, 5) is 16.1. The second kappa shape index (κ2) is 4.84. The van der Waals surface area contributed by atoms with Crippen LogP contribution in [0.4, 0.5) is 4.79 Å². The Labute approximate surface area is 91.4 Å². The number of hydrogen-bond acceptors (Lipinski definition) is 2. The quantitative estimate of drug-likeness (QED) is 0.757. The highest BCUT2D eigenvalue weighted by molar-refractivity contribution is 5.75. The van der Waals surface area contributed by atoms with Crippen LogP contribution in [0.1, 0.15) is 32.1 Å². The summed E-state index contributed by atoms with van der Waals surface area (Å²) in [5, 5.41) is 0. The van der Waals surface area contributed by atoms with Gasteiger partial charge in [-0.25, -0.2) is 4.79 Å². The summed E-state index contributed by atoms with van der Waals surface area (Å²) in [6.45, 7) is 3.18. The van der Waals surface area contributed by atoms with Gasteiger partial charge in [0.2, 0.25) is 0 Å². The van der Waals surface area contributed by atoms with Crippen LogP contribution in [-0.2, 0) is 0 Å². The lowest BCUT2D eigenvalue weighted by atomic mass is 10.1. The normalized spacial score (nSPS) is 21.5. The second-order valence-electron chi connectivity index (χ2n) is 4.54. The van der Waals surface area contributed by atoms with Crippen molar-refractivity contribution in [3.05, 3.63) is 0 Å². The van der Waals surface area contributed by atoms with E-state index in [-0.39, 0.29) is 6.03 Å². The number of hydrogen-bond donors (Lipinski definition) is 1. The second-order valence-corrected chi connectivity index (χ2v) is 4.54. The number of nitrogens with zero attached hydrogens (tertiary/aromatic N) is 2. The van der Waals surface area contributed by atoms with Crippen LogP contribution < -0.4 is 5.73 Å². The van der Waals surface area contributed by atoms with E-state index in [0.717, 1.165) is 32.5 Å². The first-order valence-corrected chi connectivity index (χ1v) is 6.08. The van der Waals surface area contributed by atoms with Crippen LogP contribution in [0.2, 0.25) is 0 Å². The average Bonchev–Trinajstić information content (AvgIpc) is 3.10. The van der Waals surface area contributed by atoms with Crippen LogP contribution in [0.25, 0.3) is 0 Å². The lowest BCUT2D eigenvalue weighted by molar-refractivity contribution is 0.142. The summed E-state index contributed by atoms with van der Waals surface area (Å²) in [7, 11) is 0. The molecule has 2 N–H and O–H groups in total. The van der Waals surface area contributed by atoms with Gasteiger partial charge in [0.25, 0.3) is 0 Å². The van der Waals surface area contributed by atoms with Gasteiger partial charge in [-0.15, -0.1) is 0 Å². The SMILES string of the molecule is NCCN(C(=O)N1CCCCC1)C1CC1. The van der Waals surface area contributed by atoms with E-state index in [1.807, 2.05) is 9.80 Å². The molecule has 0 bridgehead atoms. The summed E-state index contributed by atoms with van der Waals surface area (Å²) >= 11 is 0. The Hall–Kier alpha value is -0.770. The minimum atomic E-state index is 0.225. The van der Waals surface area contributed by atoms with E-state index in [2.05, 4.69) is 0 Å². The summed E-state index contributed by atoms with van der Waals surface area (Å²) in [6, 6.07) is 0.714. The number of rotatable bonds is 3. The molecule has 0 atom stereocenters. The third kappa shape index (κ3) is 2.62. The Morgan fingerprint density at radius 3 is 2.47 bits per heavy atom. The first-order chi connectivity index (χ1) is 7.33. The zero-order chi connectivity index (χ0) is 10.7. The van der Waals surface area contributed by atoms with Gasteiger partial charge in [0.15, 0.2) is 0 Å². The molecule has 1 saturated carbocycles. The van der Waals surface area contributed by atoms with Gasteiger partial charge in [0.05, 0.1) is 0 Å². The van der Waals surface area contributed by atoms with Crippen LogP contribution >= 0.6 is 0 Å². The summed E-state index contributed by atoms with van der Waals surface area (Å²) in [5.41, 5.74) is 5.55. The minimum absolute atomic E-state index is 0.225. The van der Waals surface area contributed by atoms with E-state index >= 15 is 0 Å². The predicted molar refractivity (Wildman–Crippen MR) is 59.6 cm³/mol. The van der Waals surface area contributed by atoms with Crippen LogP contribution in [0.5, 0.6) is 0 Å². The molecule has 2 fully saturated rings. The fourth-order valence-corrected chi connectivity index (χ4v) is 2.23. The summed E-state index contributed by atoms with van der Waals surface area (Å²) in [5.74, 6) is 0. The molecule has 1 saturated heterocycles. The van der Waals surface area contributed by atoms with Crippen LogP contribution in [0, 0.1) is 0 Å². The molecular weight excluding hydrogens is 190 g/mol. The van der Waals surface area contributed by atoms with Gasteiger partial charge in [-0.05, 0) is 32.1 Å². The van der Waals surface area contributed by atoms with Crippen LogP contribution in [-0.4, -0.2) is 48.1 Å². The maximum Gasteiger partial charge on any atom is 0.320 e. The van der Waals surface area contributed by atoms with Gasteiger partial charge in [-0.1, -0.05) is 0 Å². The number of nitrogens with two attached hydrogens (primary N) is 1. The summed E-state index contributed by atoms with van der Waals surface area (Å²) in [6.07, 6.45) is 5.92. The van der Waals surface area contributed by atoms with Crippen molar-refractivity contribution in [2.45, 2.75) is 38.1 Å². The lowest BCUT2D eigenvalue weighted by Crippen LogP contribution is -2.48. The third-order valence-corrected chi connectivity index (χ3v) is 3.23. The molecule has 0 spiro atoms. The number of carbonyl (C=O) groups is 1. The molecule has 15 heavy (non-hydrogen) atoms. The van der Waals surface area contributed by atoms with Gasteiger partial charge in [0, 0.05) is 32.2 Å². The maximum atomic E-state index is 12.2. The molecule has 1 aliphatic heterocycles. The molecule has 4 heteroatoms. The molecule has 2 amide bonds. The van der Waals surface area contributed by atoms with E-state index in [9.17, 15) is 4.79 Å². The van der Waals surface area contributed by atoms with E-state index in [1.54, 1.807) is 0 Å². The van der Waals surface area contributed by atoms with Crippen molar-refractivity contribution < 1.29 is 4.79 Å². The summed E-state index contributed by atoms with van der Waals surface area (Å²) < 4.78 is 0. The number of carbonyl (C=O) groups excluding carboxylic acids is 1. The molecule has 0 aromatic rings. The Balaban J connectivity index is 1.90. The van der Waals surface area contributed by atoms with Gasteiger partial charge < -0.3 is 15.5 Å². The average molecular weight is 211 g/mol. The first-order valence-electron chi connectivity index (χ1n) is 6.08. The van der Waals surface area contributed by atoms with Crippen molar-refractivity contribution >= 4 is 6.03 Å². The molecule has 86 valence electrons. The fraction of sp³-hybridized carbons (Fsp3) is 0.909.